The van der Waals surface area contributed by atoms with Gasteiger partial charge in [-0.25, -0.2) is 4.99 Å². The van der Waals surface area contributed by atoms with Gasteiger partial charge in [-0.1, -0.05) is 135 Å². The summed E-state index contributed by atoms with van der Waals surface area (Å²) in [5.41, 5.74) is 10.2. The Bertz CT molecular complexity index is 2530. The van der Waals surface area contributed by atoms with E-state index in [1.807, 2.05) is 0 Å². The first kappa shape index (κ1) is 30.4. The van der Waals surface area contributed by atoms with Crippen LogP contribution in [-0.2, 0) is 0 Å². The highest BCUT2D eigenvalue weighted by molar-refractivity contribution is 6.03. The monoisotopic (exact) mass is 690 g/mol. The predicted molar refractivity (Wildman–Crippen MR) is 217 cm³/mol. The van der Waals surface area contributed by atoms with Crippen molar-refractivity contribution in [2.24, 2.45) is 40.5 Å². The van der Waals surface area contributed by atoms with Crippen LogP contribution in [-0.4, -0.2) is 45.0 Å². The quantitative estimate of drug-likeness (QED) is 0.253. The second-order valence-corrected chi connectivity index (χ2v) is 17.0. The van der Waals surface area contributed by atoms with E-state index >= 15 is 0 Å². The van der Waals surface area contributed by atoms with Gasteiger partial charge in [0, 0.05) is 41.3 Å². The molecule has 10 atom stereocenters. The lowest BCUT2D eigenvalue weighted by Gasteiger charge is -2.40. The molecule has 0 radical (unpaired) electrons. The highest BCUT2D eigenvalue weighted by Gasteiger charge is 2.53. The molecule has 262 valence electrons. The normalized spacial score (nSPS) is 35.2. The maximum Gasteiger partial charge on any atom is 0.206 e. The molecular weight excluding hydrogens is 645 g/mol. The Labute approximate surface area is 312 Å². The third kappa shape index (κ3) is 4.15. The van der Waals surface area contributed by atoms with Crippen molar-refractivity contribution < 1.29 is 0 Å². The molecule has 1 aromatic heterocycles. The fraction of sp³-hybridized carbons (Fsp3) is 0.327. The predicted octanol–water partition coefficient (Wildman–Crippen LogP) is 8.23. The molecular formula is C49H46N4. The summed E-state index contributed by atoms with van der Waals surface area (Å²) < 4.78 is 2.64. The number of rotatable bonds is 2. The molecule has 0 spiro atoms. The van der Waals surface area contributed by atoms with Crippen LogP contribution in [0.2, 0.25) is 0 Å². The van der Waals surface area contributed by atoms with Crippen LogP contribution < -0.4 is 10.4 Å². The molecule has 4 nitrogen and oxygen atoms in total. The summed E-state index contributed by atoms with van der Waals surface area (Å²) in [7, 11) is 0. The average molecular weight is 691 g/mol. The first-order valence-electron chi connectivity index (χ1n) is 20.2. The number of hydrogen-bond donors (Lipinski definition) is 0. The summed E-state index contributed by atoms with van der Waals surface area (Å²) in [6.07, 6.45) is 37.6. The number of para-hydroxylation sites is 1. The molecule has 1 saturated heterocycles. The molecule has 53 heavy (non-hydrogen) atoms. The third-order valence-electron chi connectivity index (χ3n) is 14.2. The molecule has 10 unspecified atom stereocenters. The zero-order valence-corrected chi connectivity index (χ0v) is 30.6. The van der Waals surface area contributed by atoms with Gasteiger partial charge in [0.1, 0.15) is 0 Å². The third-order valence-corrected chi connectivity index (χ3v) is 14.2. The Morgan fingerprint density at radius 2 is 1.62 bits per heavy atom. The number of benzene rings is 2. The summed E-state index contributed by atoms with van der Waals surface area (Å²) in [5.74, 6) is 4.12. The molecule has 3 aromatic rings. The highest BCUT2D eigenvalue weighted by Crippen LogP contribution is 2.60. The first-order chi connectivity index (χ1) is 26.1. The van der Waals surface area contributed by atoms with Gasteiger partial charge in [-0.3, -0.25) is 4.57 Å². The minimum atomic E-state index is 0.253. The fourth-order valence-electron chi connectivity index (χ4n) is 11.8. The van der Waals surface area contributed by atoms with Crippen molar-refractivity contribution in [3.05, 3.63) is 160 Å². The largest absolute Gasteiger partial charge is 0.335 e. The molecule has 12 rings (SSSR count). The lowest BCUT2D eigenvalue weighted by atomic mass is 9.67. The van der Waals surface area contributed by atoms with Crippen molar-refractivity contribution in [2.45, 2.75) is 57.2 Å². The maximum atomic E-state index is 5.74. The zero-order valence-electron chi connectivity index (χ0n) is 30.6. The molecule has 0 saturated carbocycles. The van der Waals surface area contributed by atoms with Gasteiger partial charge in [-0.2, -0.15) is 0 Å². The summed E-state index contributed by atoms with van der Waals surface area (Å²) >= 11 is 0. The van der Waals surface area contributed by atoms with Crippen molar-refractivity contribution in [2.75, 3.05) is 6.54 Å². The smallest absolute Gasteiger partial charge is 0.206 e. The Morgan fingerprint density at radius 3 is 2.53 bits per heavy atom. The number of hydrogen-bond acceptors (Lipinski definition) is 3. The second-order valence-electron chi connectivity index (χ2n) is 17.0. The van der Waals surface area contributed by atoms with Crippen LogP contribution in [0.25, 0.3) is 28.8 Å². The highest BCUT2D eigenvalue weighted by atomic mass is 15.4. The van der Waals surface area contributed by atoms with Crippen LogP contribution in [0.3, 0.4) is 0 Å². The molecule has 0 amide bonds. The van der Waals surface area contributed by atoms with Gasteiger partial charge in [0.15, 0.2) is 0 Å². The minimum Gasteiger partial charge on any atom is -0.335 e. The van der Waals surface area contributed by atoms with Crippen molar-refractivity contribution >= 4 is 34.7 Å². The van der Waals surface area contributed by atoms with Gasteiger partial charge in [0.25, 0.3) is 0 Å². The van der Waals surface area contributed by atoms with E-state index in [2.05, 4.69) is 162 Å². The molecule has 1 fully saturated rings. The Balaban J connectivity index is 1.03. The van der Waals surface area contributed by atoms with E-state index in [1.165, 1.54) is 50.4 Å². The maximum absolute atomic E-state index is 5.74. The van der Waals surface area contributed by atoms with Gasteiger partial charge >= 0.3 is 0 Å². The standard InChI is InChI=1S/C49H46N4/c1-29-13-3-10-20-41(29)52-43-21-11-8-18-36(43)45-34-16-6-7-17-35(34)46-37-19-9-12-22-44(37)53(48(46)47(45)52)49-50-40-28-51(49)42-24-23-33(27-39(40)42)38-26-32-15-5-4-14-31(32)25-30(38)2/h3-6,8-12,14-16,18-27,29-30,34-36,38-40,42-43H,7,13,17,28H2,1-2H3. The first-order valence-corrected chi connectivity index (χ1v) is 20.2. The lowest BCUT2D eigenvalue weighted by molar-refractivity contribution is 0.353. The molecule has 2 aromatic carbocycles. The Hall–Kier alpha value is -5.09. The Kier molecular flexibility index (Phi) is 6.43. The minimum absolute atomic E-state index is 0.253. The number of aromatic nitrogens is 1. The van der Waals surface area contributed by atoms with E-state index in [-0.39, 0.29) is 6.04 Å². The van der Waals surface area contributed by atoms with Gasteiger partial charge in [-0.05, 0) is 76.3 Å². The lowest BCUT2D eigenvalue weighted by Crippen LogP contribution is -2.43. The second kappa shape index (κ2) is 11.2. The van der Waals surface area contributed by atoms with Gasteiger partial charge in [0.2, 0.25) is 5.96 Å². The summed E-state index contributed by atoms with van der Waals surface area (Å²) in [5, 5.41) is 4.14. The SMILES string of the molecule is CC1CC=CC=C1N1C2=C(C3C=CCCC3c3c2n(C2=NC4CN2C2C=CC(C5C=c6ccccc6=CC5C)=CC42)c2ccccc32)C2C=CC=CC21. The number of fused-ring (bicyclic) bond motifs is 15. The molecule has 9 aliphatic rings. The van der Waals surface area contributed by atoms with Crippen LogP contribution in [0.1, 0.15) is 50.3 Å². The van der Waals surface area contributed by atoms with Gasteiger partial charge in [-0.15, -0.1) is 0 Å². The van der Waals surface area contributed by atoms with E-state index in [0.717, 1.165) is 25.3 Å². The van der Waals surface area contributed by atoms with E-state index in [0.29, 0.717) is 53.5 Å². The van der Waals surface area contributed by atoms with Crippen LogP contribution >= 0.6 is 0 Å². The molecule has 0 N–H and O–H groups in total. The molecule has 6 aliphatic carbocycles. The zero-order chi connectivity index (χ0) is 34.9. The van der Waals surface area contributed by atoms with E-state index in [9.17, 15) is 0 Å². The molecule has 2 bridgehead atoms. The topological polar surface area (TPSA) is 23.8 Å². The average Bonchev–Trinajstić information content (AvgIpc) is 3.96. The number of allylic oxidation sites excluding steroid dienone is 10. The van der Waals surface area contributed by atoms with Crippen LogP contribution in [0.5, 0.6) is 0 Å². The summed E-state index contributed by atoms with van der Waals surface area (Å²) in [6.45, 7) is 5.77. The van der Waals surface area contributed by atoms with Crippen molar-refractivity contribution in [1.29, 1.82) is 0 Å². The molecule has 4 heterocycles. The summed E-state index contributed by atoms with van der Waals surface area (Å²) in [4.78, 5) is 11.2. The van der Waals surface area contributed by atoms with Crippen LogP contribution in [0, 0.1) is 35.5 Å². The van der Waals surface area contributed by atoms with E-state index < -0.39 is 0 Å². The summed E-state index contributed by atoms with van der Waals surface area (Å²) in [6, 6.07) is 19.0. The van der Waals surface area contributed by atoms with Crippen molar-refractivity contribution in [3.63, 3.8) is 0 Å². The van der Waals surface area contributed by atoms with Crippen LogP contribution in [0.15, 0.2) is 143 Å². The molecule has 4 heteroatoms. The fourth-order valence-corrected chi connectivity index (χ4v) is 11.8. The van der Waals surface area contributed by atoms with Gasteiger partial charge in [0.05, 0.1) is 35.0 Å². The van der Waals surface area contributed by atoms with E-state index in [4.69, 9.17) is 4.99 Å². The number of nitrogens with zero attached hydrogens (tertiary/aromatic N) is 4. The van der Waals surface area contributed by atoms with Crippen LogP contribution in [0.4, 0.5) is 0 Å². The van der Waals surface area contributed by atoms with Crippen molar-refractivity contribution in [3.8, 4) is 0 Å². The number of aliphatic imine (C=N–C) groups is 1. The van der Waals surface area contributed by atoms with E-state index in [1.54, 1.807) is 11.1 Å². The van der Waals surface area contributed by atoms with Crippen molar-refractivity contribution in [1.82, 2.24) is 14.4 Å². The molecule has 3 aliphatic heterocycles. The Morgan fingerprint density at radius 1 is 0.774 bits per heavy atom. The van der Waals surface area contributed by atoms with Gasteiger partial charge < -0.3 is 9.80 Å².